The number of halogens is 5. The minimum absolute atomic E-state index is 0.0944. The van der Waals surface area contributed by atoms with E-state index in [9.17, 15) is 31.5 Å². The van der Waals surface area contributed by atoms with Gasteiger partial charge in [0.15, 0.2) is 11.5 Å². The van der Waals surface area contributed by atoms with Crippen LogP contribution >= 0.6 is 0 Å². The monoisotopic (exact) mass is 608 g/mol. The molecule has 2 heterocycles. The van der Waals surface area contributed by atoms with Crippen LogP contribution in [0.25, 0.3) is 0 Å². The molecule has 0 radical (unpaired) electrons. The summed E-state index contributed by atoms with van der Waals surface area (Å²) in [6.45, 7) is -0.0909. The number of nitrogens with zero attached hydrogens (tertiary/aromatic N) is 3. The topological polar surface area (TPSA) is 94.9 Å². The second kappa shape index (κ2) is 11.9. The van der Waals surface area contributed by atoms with Crippen LogP contribution in [0.4, 0.5) is 27.6 Å². The molecule has 1 unspecified atom stereocenters. The number of likely N-dealkylation sites (N-methyl/N-ethyl adjacent to an activating group) is 1. The standard InChI is InChI=1S/C29H29F5N4O5/c1-37(20-3-5-21(41-2)6-4-20)27(40)23(13-17-11-18(30)14-19(31)12-17)35-25(39)16-38-24-7-8-28(42-9-10-43-28)15-22(24)26(36-38)29(32,33)34/h3-6,11-12,14,23H,7-10,13,15-16H2,1-2H3,(H,35,39). The van der Waals surface area contributed by atoms with E-state index >= 15 is 0 Å². The third-order valence-corrected chi connectivity index (χ3v) is 7.52. The van der Waals surface area contributed by atoms with Crippen LogP contribution < -0.4 is 15.0 Å². The lowest BCUT2D eigenvalue weighted by molar-refractivity contribution is -0.167. The van der Waals surface area contributed by atoms with Gasteiger partial charge in [0.1, 0.15) is 30.0 Å². The number of rotatable bonds is 8. The Hall–Kier alpha value is -4.04. The van der Waals surface area contributed by atoms with Gasteiger partial charge in [-0.05, 0) is 48.4 Å². The zero-order chi connectivity index (χ0) is 30.9. The van der Waals surface area contributed by atoms with Gasteiger partial charge in [-0.3, -0.25) is 14.3 Å². The highest BCUT2D eigenvalue weighted by Gasteiger charge is 2.47. The highest BCUT2D eigenvalue weighted by atomic mass is 19.4. The summed E-state index contributed by atoms with van der Waals surface area (Å²) in [5.74, 6) is -3.79. The third kappa shape index (κ3) is 6.64. The van der Waals surface area contributed by atoms with Crippen LogP contribution in [-0.2, 0) is 51.0 Å². The van der Waals surface area contributed by atoms with Gasteiger partial charge in [-0.15, -0.1) is 0 Å². The van der Waals surface area contributed by atoms with E-state index < -0.39 is 53.7 Å². The number of methoxy groups -OCH3 is 1. The summed E-state index contributed by atoms with van der Waals surface area (Å²) in [6, 6.07) is 7.88. The van der Waals surface area contributed by atoms with Gasteiger partial charge >= 0.3 is 6.18 Å². The SMILES string of the molecule is COc1ccc(N(C)C(=O)C(Cc2cc(F)cc(F)c2)NC(=O)Cn2nc(C(F)(F)F)c3c2CCC2(C3)OCCO2)cc1. The summed E-state index contributed by atoms with van der Waals surface area (Å²) in [7, 11) is 2.94. The molecule has 1 aromatic heterocycles. The molecule has 1 atom stereocenters. The molecule has 1 spiro atoms. The van der Waals surface area contributed by atoms with Gasteiger partial charge in [0, 0.05) is 49.3 Å². The van der Waals surface area contributed by atoms with Crippen molar-refractivity contribution >= 4 is 17.5 Å². The van der Waals surface area contributed by atoms with Gasteiger partial charge in [0.25, 0.3) is 0 Å². The molecule has 1 aliphatic heterocycles. The first-order valence-electron chi connectivity index (χ1n) is 13.5. The Balaban J connectivity index is 1.40. The number of anilines is 1. The summed E-state index contributed by atoms with van der Waals surface area (Å²) >= 11 is 0. The number of carbonyl (C=O) groups excluding carboxylic acids is 2. The molecule has 1 aliphatic carbocycles. The number of fused-ring (bicyclic) bond motifs is 1. The molecule has 1 N–H and O–H groups in total. The normalized spacial score (nSPS) is 16.5. The number of nitrogens with one attached hydrogen (secondary N) is 1. The molecular formula is C29H29F5N4O5. The Labute approximate surface area is 243 Å². The summed E-state index contributed by atoms with van der Waals surface area (Å²) in [6.07, 6.45) is -4.84. The molecular weight excluding hydrogens is 579 g/mol. The average Bonchev–Trinajstić information content (AvgIpc) is 3.55. The van der Waals surface area contributed by atoms with Crippen LogP contribution in [0, 0.1) is 11.6 Å². The minimum atomic E-state index is -4.79. The number of alkyl halides is 3. The largest absolute Gasteiger partial charge is 0.497 e. The second-order valence-electron chi connectivity index (χ2n) is 10.4. The molecule has 0 saturated carbocycles. The van der Waals surface area contributed by atoms with E-state index in [1.165, 1.54) is 19.1 Å². The van der Waals surface area contributed by atoms with Crippen molar-refractivity contribution in [3.05, 3.63) is 76.6 Å². The van der Waals surface area contributed by atoms with Crippen molar-refractivity contribution in [3.8, 4) is 5.75 Å². The first-order valence-corrected chi connectivity index (χ1v) is 13.5. The maximum Gasteiger partial charge on any atom is 0.435 e. The van der Waals surface area contributed by atoms with Crippen molar-refractivity contribution in [1.82, 2.24) is 15.1 Å². The summed E-state index contributed by atoms with van der Waals surface area (Å²) in [5.41, 5.74) is -0.475. The summed E-state index contributed by atoms with van der Waals surface area (Å²) in [4.78, 5) is 28.1. The molecule has 2 aliphatic rings. The summed E-state index contributed by atoms with van der Waals surface area (Å²) in [5, 5.41) is 6.27. The van der Waals surface area contributed by atoms with E-state index in [4.69, 9.17) is 14.2 Å². The molecule has 5 rings (SSSR count). The van der Waals surface area contributed by atoms with Gasteiger partial charge in [0.2, 0.25) is 11.8 Å². The number of aromatic nitrogens is 2. The molecule has 14 heteroatoms. The van der Waals surface area contributed by atoms with Gasteiger partial charge in [-0.25, -0.2) is 8.78 Å². The lowest BCUT2D eigenvalue weighted by Gasteiger charge is -2.32. The van der Waals surface area contributed by atoms with Crippen molar-refractivity contribution in [2.45, 2.75) is 50.2 Å². The van der Waals surface area contributed by atoms with Crippen LogP contribution in [0.5, 0.6) is 5.75 Å². The Bertz CT molecular complexity index is 1480. The molecule has 0 bridgehead atoms. The van der Waals surface area contributed by atoms with Crippen LogP contribution in [0.2, 0.25) is 0 Å². The van der Waals surface area contributed by atoms with Crippen molar-refractivity contribution < 1.29 is 45.8 Å². The Morgan fingerprint density at radius 3 is 2.37 bits per heavy atom. The lowest BCUT2D eigenvalue weighted by atomic mass is 9.90. The van der Waals surface area contributed by atoms with E-state index in [1.807, 2.05) is 0 Å². The van der Waals surface area contributed by atoms with E-state index in [1.54, 1.807) is 24.3 Å². The van der Waals surface area contributed by atoms with Crippen LogP contribution in [0.3, 0.4) is 0 Å². The third-order valence-electron chi connectivity index (χ3n) is 7.52. The average molecular weight is 609 g/mol. The van der Waals surface area contributed by atoms with Crippen molar-refractivity contribution in [3.63, 3.8) is 0 Å². The Kier molecular flexibility index (Phi) is 8.43. The molecule has 1 fully saturated rings. The van der Waals surface area contributed by atoms with Gasteiger partial charge < -0.3 is 24.4 Å². The van der Waals surface area contributed by atoms with Crippen molar-refractivity contribution in [2.24, 2.45) is 0 Å². The predicted molar refractivity (Wildman–Crippen MR) is 142 cm³/mol. The van der Waals surface area contributed by atoms with Crippen LogP contribution in [0.15, 0.2) is 42.5 Å². The molecule has 2 amide bonds. The first kappa shape index (κ1) is 30.4. The fourth-order valence-electron chi connectivity index (χ4n) is 5.48. The van der Waals surface area contributed by atoms with Crippen molar-refractivity contribution in [2.75, 3.05) is 32.3 Å². The Morgan fingerprint density at radius 1 is 1.12 bits per heavy atom. The zero-order valence-electron chi connectivity index (χ0n) is 23.3. The zero-order valence-corrected chi connectivity index (χ0v) is 23.3. The highest BCUT2D eigenvalue weighted by Crippen LogP contribution is 2.41. The molecule has 2 aromatic carbocycles. The van der Waals surface area contributed by atoms with Gasteiger partial charge in [-0.1, -0.05) is 0 Å². The number of ether oxygens (including phenoxy) is 3. The van der Waals surface area contributed by atoms with E-state index in [-0.39, 0.29) is 55.7 Å². The Morgan fingerprint density at radius 2 is 1.77 bits per heavy atom. The molecule has 3 aromatic rings. The maximum absolute atomic E-state index is 13.9. The van der Waals surface area contributed by atoms with Crippen LogP contribution in [-0.4, -0.2) is 60.8 Å². The first-order chi connectivity index (χ1) is 20.4. The van der Waals surface area contributed by atoms with Crippen molar-refractivity contribution in [1.29, 1.82) is 0 Å². The number of hydrogen-bond acceptors (Lipinski definition) is 6. The fraction of sp³-hybridized carbons (Fsp3) is 0.414. The van der Waals surface area contributed by atoms with E-state index in [0.29, 0.717) is 17.5 Å². The predicted octanol–water partition coefficient (Wildman–Crippen LogP) is 3.81. The molecule has 43 heavy (non-hydrogen) atoms. The van der Waals surface area contributed by atoms with Crippen LogP contribution in [0.1, 0.15) is 28.9 Å². The summed E-state index contributed by atoms with van der Waals surface area (Å²) < 4.78 is 87.0. The number of carbonyl (C=O) groups is 2. The van der Waals surface area contributed by atoms with E-state index in [2.05, 4.69) is 10.4 Å². The van der Waals surface area contributed by atoms with Gasteiger partial charge in [0.05, 0.1) is 20.3 Å². The smallest absolute Gasteiger partial charge is 0.435 e. The molecule has 1 saturated heterocycles. The number of hydrogen-bond donors (Lipinski definition) is 1. The number of amides is 2. The van der Waals surface area contributed by atoms with E-state index in [0.717, 1.165) is 16.8 Å². The molecule has 9 nitrogen and oxygen atoms in total. The highest BCUT2D eigenvalue weighted by molar-refractivity contribution is 5.99. The molecule has 230 valence electrons. The fourth-order valence-corrected chi connectivity index (χ4v) is 5.48. The minimum Gasteiger partial charge on any atom is -0.497 e. The number of benzene rings is 2. The quantitative estimate of drug-likeness (QED) is 0.391. The second-order valence-corrected chi connectivity index (χ2v) is 10.4. The lowest BCUT2D eigenvalue weighted by Crippen LogP contribution is -2.49. The maximum atomic E-state index is 13.9. The van der Waals surface area contributed by atoms with Gasteiger partial charge in [-0.2, -0.15) is 18.3 Å².